The van der Waals surface area contributed by atoms with Gasteiger partial charge in [0.2, 0.25) is 0 Å². The molecule has 1 fully saturated rings. The summed E-state index contributed by atoms with van der Waals surface area (Å²) in [7, 11) is 1.30. The van der Waals surface area contributed by atoms with Crippen LogP contribution in [0, 0.1) is 0 Å². The van der Waals surface area contributed by atoms with E-state index in [1.807, 2.05) is 0 Å². The van der Waals surface area contributed by atoms with Gasteiger partial charge in [0.15, 0.2) is 0 Å². The Balaban J connectivity index is 2.13. The molecule has 1 aliphatic rings. The maximum atomic E-state index is 13.1. The van der Waals surface area contributed by atoms with Crippen LogP contribution in [0.3, 0.4) is 0 Å². The van der Waals surface area contributed by atoms with Gasteiger partial charge in [-0.1, -0.05) is 0 Å². The molecule has 0 bridgehead atoms. The van der Waals surface area contributed by atoms with Gasteiger partial charge in [0, 0.05) is 18.3 Å². The highest BCUT2D eigenvalue weighted by Gasteiger charge is 2.34. The number of carbonyl (C=O) groups is 3. The zero-order valence-corrected chi connectivity index (χ0v) is 18.7. The molecule has 9 nitrogen and oxygen atoms in total. The van der Waals surface area contributed by atoms with Crippen molar-refractivity contribution in [2.24, 2.45) is 0 Å². The number of carbonyl (C=O) groups excluding carboxylic acids is 3. The lowest BCUT2D eigenvalue weighted by Gasteiger charge is -2.34. The van der Waals surface area contributed by atoms with Gasteiger partial charge in [0.1, 0.15) is 22.3 Å². The average Bonchev–Trinajstić information content (AvgIpc) is 3.03. The summed E-state index contributed by atoms with van der Waals surface area (Å²) in [5.41, 5.74) is 2.19. The van der Waals surface area contributed by atoms with E-state index in [-0.39, 0.29) is 12.3 Å². The second kappa shape index (κ2) is 9.66. The summed E-state index contributed by atoms with van der Waals surface area (Å²) >= 11 is 4.66. The highest BCUT2D eigenvalue weighted by atomic mass is 79.9. The van der Waals surface area contributed by atoms with Crippen LogP contribution in [0.15, 0.2) is 9.98 Å². The number of aromatic nitrogens is 1. The molecular formula is C17H25BrN4O5S. The fourth-order valence-corrected chi connectivity index (χ4v) is 3.96. The molecule has 1 unspecified atom stereocenters. The van der Waals surface area contributed by atoms with Crippen LogP contribution in [-0.4, -0.2) is 59.3 Å². The second-order valence-electron chi connectivity index (χ2n) is 7.30. The Morgan fingerprint density at radius 2 is 2.18 bits per heavy atom. The molecule has 0 aliphatic carbocycles. The molecule has 11 heteroatoms. The molecule has 1 saturated heterocycles. The minimum Gasteiger partial charge on any atom is -0.468 e. The number of ether oxygens (including phenoxy) is 2. The summed E-state index contributed by atoms with van der Waals surface area (Å²) in [4.78, 5) is 41.4. The third kappa shape index (κ3) is 6.71. The van der Waals surface area contributed by atoms with Gasteiger partial charge in [-0.3, -0.25) is 14.6 Å². The lowest BCUT2D eigenvalue weighted by Crippen LogP contribution is -2.60. The van der Waals surface area contributed by atoms with Gasteiger partial charge in [-0.25, -0.2) is 15.2 Å². The molecular weight excluding hydrogens is 452 g/mol. The molecule has 156 valence electrons. The van der Waals surface area contributed by atoms with Crippen molar-refractivity contribution in [2.75, 3.05) is 13.7 Å². The van der Waals surface area contributed by atoms with Crippen LogP contribution >= 0.6 is 27.3 Å². The Hall–Kier alpha value is -1.72. The Morgan fingerprint density at radius 3 is 2.75 bits per heavy atom. The minimum atomic E-state index is -0.892. The number of hydrogen-bond acceptors (Lipinski definition) is 8. The molecule has 2 N–H and O–H groups in total. The summed E-state index contributed by atoms with van der Waals surface area (Å²) in [5.74, 6) is -0.802. The van der Waals surface area contributed by atoms with E-state index in [1.165, 1.54) is 23.5 Å². The number of nitrogens with zero attached hydrogens (tertiary/aromatic N) is 2. The molecule has 2 amide bonds. The van der Waals surface area contributed by atoms with Crippen LogP contribution in [0.2, 0.25) is 0 Å². The van der Waals surface area contributed by atoms with Crippen LogP contribution in [0.4, 0.5) is 4.79 Å². The smallest absolute Gasteiger partial charge is 0.408 e. The first-order valence-electron chi connectivity index (χ1n) is 8.84. The largest absolute Gasteiger partial charge is 0.468 e. The number of thiazole rings is 1. The molecule has 0 spiro atoms. The molecule has 1 aliphatic heterocycles. The van der Waals surface area contributed by atoms with Crippen LogP contribution in [0.25, 0.3) is 0 Å². The molecule has 1 aromatic rings. The average molecular weight is 477 g/mol. The van der Waals surface area contributed by atoms with Crippen molar-refractivity contribution in [3.63, 3.8) is 0 Å². The van der Waals surface area contributed by atoms with E-state index < -0.39 is 29.7 Å². The third-order valence-corrected chi connectivity index (χ3v) is 5.41. The second-order valence-corrected chi connectivity index (χ2v) is 9.06. The Morgan fingerprint density at radius 1 is 1.46 bits per heavy atom. The van der Waals surface area contributed by atoms with Gasteiger partial charge in [0.25, 0.3) is 5.91 Å². The summed E-state index contributed by atoms with van der Waals surface area (Å²) < 4.78 is 10.7. The molecule has 2 atom stereocenters. The number of amides is 2. The topological polar surface area (TPSA) is 110 Å². The number of alkyl carbamates (subject to hydrolysis) is 1. The van der Waals surface area contributed by atoms with E-state index in [0.717, 1.165) is 0 Å². The third-order valence-electron chi connectivity index (χ3n) is 3.83. The SMILES string of the molecule is COC(=O)[C@@H]1CCCN(C(=O)C(Cc2nc(Br)cs2)NC(=O)OC(C)(C)C)N1. The number of hydrogen-bond donors (Lipinski definition) is 2. The van der Waals surface area contributed by atoms with Crippen LogP contribution in [0.5, 0.6) is 0 Å². The van der Waals surface area contributed by atoms with Crippen LogP contribution in [0.1, 0.15) is 38.6 Å². The lowest BCUT2D eigenvalue weighted by molar-refractivity contribution is -0.150. The maximum Gasteiger partial charge on any atom is 0.408 e. The highest BCUT2D eigenvalue weighted by molar-refractivity contribution is 9.10. The molecule has 0 radical (unpaired) electrons. The fraction of sp³-hybridized carbons (Fsp3) is 0.647. The Bertz CT molecular complexity index is 721. The van der Waals surface area contributed by atoms with Gasteiger partial charge in [-0.2, -0.15) is 0 Å². The monoisotopic (exact) mass is 476 g/mol. The predicted octanol–water partition coefficient (Wildman–Crippen LogP) is 2.01. The maximum absolute atomic E-state index is 13.1. The minimum absolute atomic E-state index is 0.204. The molecule has 0 aromatic carbocycles. The predicted molar refractivity (Wildman–Crippen MR) is 107 cm³/mol. The standard InChI is InChI=1S/C17H25BrN4O5S/c1-17(2,3)27-16(25)19-11(8-13-20-12(18)9-28-13)14(23)22-7-5-6-10(21-22)15(24)26-4/h9-11,21H,5-8H2,1-4H3,(H,19,25)/t10-,11?/m0/s1. The van der Waals surface area contributed by atoms with Gasteiger partial charge >= 0.3 is 12.1 Å². The van der Waals surface area contributed by atoms with Gasteiger partial charge < -0.3 is 14.8 Å². The first-order valence-corrected chi connectivity index (χ1v) is 10.5. The van der Waals surface area contributed by atoms with E-state index in [1.54, 1.807) is 26.2 Å². The van der Waals surface area contributed by atoms with E-state index >= 15 is 0 Å². The molecule has 0 saturated carbocycles. The number of nitrogens with one attached hydrogen (secondary N) is 2. The fourth-order valence-electron chi connectivity index (χ4n) is 2.65. The van der Waals surface area contributed by atoms with Crippen molar-refractivity contribution < 1.29 is 23.9 Å². The number of esters is 1. The van der Waals surface area contributed by atoms with E-state index in [2.05, 4.69) is 31.7 Å². The van der Waals surface area contributed by atoms with E-state index in [0.29, 0.717) is 29.0 Å². The molecule has 1 aromatic heterocycles. The van der Waals surface area contributed by atoms with Crippen LogP contribution in [-0.2, 0) is 25.5 Å². The Labute approximate surface area is 176 Å². The van der Waals surface area contributed by atoms with Crippen molar-refractivity contribution in [3.8, 4) is 0 Å². The lowest BCUT2D eigenvalue weighted by atomic mass is 10.1. The van der Waals surface area contributed by atoms with Gasteiger partial charge in [-0.05, 0) is 49.5 Å². The van der Waals surface area contributed by atoms with Crippen molar-refractivity contribution in [1.82, 2.24) is 20.7 Å². The summed E-state index contributed by atoms with van der Waals surface area (Å²) in [6.45, 7) is 5.65. The normalized spacial score (nSPS) is 18.3. The number of rotatable bonds is 5. The first kappa shape index (κ1) is 22.6. The molecule has 28 heavy (non-hydrogen) atoms. The van der Waals surface area contributed by atoms with Crippen molar-refractivity contribution in [2.45, 2.75) is 57.7 Å². The zero-order valence-electron chi connectivity index (χ0n) is 16.3. The zero-order chi connectivity index (χ0) is 20.9. The van der Waals surface area contributed by atoms with Crippen molar-refractivity contribution in [3.05, 3.63) is 15.0 Å². The molecule has 2 heterocycles. The Kier molecular flexibility index (Phi) is 7.79. The van der Waals surface area contributed by atoms with E-state index in [9.17, 15) is 14.4 Å². The van der Waals surface area contributed by atoms with Crippen LogP contribution < -0.4 is 10.7 Å². The summed E-state index contributed by atoms with van der Waals surface area (Å²) in [5, 5.41) is 6.47. The number of halogens is 1. The first-order chi connectivity index (χ1) is 13.1. The molecule has 2 rings (SSSR count). The number of hydrazine groups is 1. The van der Waals surface area contributed by atoms with Crippen molar-refractivity contribution >= 4 is 45.2 Å². The summed E-state index contributed by atoms with van der Waals surface area (Å²) in [6, 6.07) is -1.49. The van der Waals surface area contributed by atoms with Gasteiger partial charge in [-0.15, -0.1) is 11.3 Å². The van der Waals surface area contributed by atoms with Gasteiger partial charge in [0.05, 0.1) is 12.1 Å². The quantitative estimate of drug-likeness (QED) is 0.625. The highest BCUT2D eigenvalue weighted by Crippen LogP contribution is 2.18. The van der Waals surface area contributed by atoms with E-state index in [4.69, 9.17) is 9.47 Å². The number of methoxy groups -OCH3 is 1. The van der Waals surface area contributed by atoms with Crippen molar-refractivity contribution in [1.29, 1.82) is 0 Å². The summed E-state index contributed by atoms with van der Waals surface area (Å²) in [6.07, 6.45) is 0.721.